The van der Waals surface area contributed by atoms with Crippen LogP contribution >= 0.6 is 0 Å². The minimum absolute atomic E-state index is 0.0932. The molecule has 0 bridgehead atoms. The van der Waals surface area contributed by atoms with E-state index >= 15 is 0 Å². The Kier molecular flexibility index (Phi) is 5.14. The van der Waals surface area contributed by atoms with Crippen LogP contribution in [0.4, 0.5) is 19.0 Å². The average molecular weight is 411 g/mol. The molecule has 0 saturated heterocycles. The van der Waals surface area contributed by atoms with Gasteiger partial charge in [0.25, 0.3) is 5.91 Å². The summed E-state index contributed by atoms with van der Waals surface area (Å²) in [7, 11) is 0. The van der Waals surface area contributed by atoms with E-state index in [2.05, 4.69) is 15.5 Å². The number of hydrogen-bond donors (Lipinski definition) is 2. The number of aromatic nitrogens is 2. The van der Waals surface area contributed by atoms with Crippen molar-refractivity contribution in [3.63, 3.8) is 0 Å². The fourth-order valence-electron chi connectivity index (χ4n) is 2.91. The molecule has 0 spiro atoms. The van der Waals surface area contributed by atoms with Gasteiger partial charge in [-0.3, -0.25) is 9.89 Å². The number of nitrogens with zero attached hydrogens (tertiary/aromatic N) is 1. The highest BCUT2D eigenvalue weighted by molar-refractivity contribution is 6.08. The lowest BCUT2D eigenvalue weighted by Crippen LogP contribution is -2.13. The number of rotatable bonds is 5. The molecule has 2 N–H and O–H groups in total. The zero-order chi connectivity index (χ0) is 21.1. The van der Waals surface area contributed by atoms with Crippen LogP contribution < -0.4 is 10.1 Å². The second-order valence-corrected chi connectivity index (χ2v) is 6.58. The van der Waals surface area contributed by atoms with Gasteiger partial charge in [-0.2, -0.15) is 18.3 Å². The monoisotopic (exact) mass is 411 g/mol. The van der Waals surface area contributed by atoms with Gasteiger partial charge in [0.2, 0.25) is 0 Å². The number of anilines is 1. The molecule has 30 heavy (non-hydrogen) atoms. The molecular weight excluding hydrogens is 395 g/mol. The number of ether oxygens (including phenoxy) is 1. The van der Waals surface area contributed by atoms with Crippen LogP contribution in [0.5, 0.6) is 5.75 Å². The Morgan fingerprint density at radius 2 is 1.73 bits per heavy atom. The van der Waals surface area contributed by atoms with Gasteiger partial charge in [0, 0.05) is 10.9 Å². The third kappa shape index (κ3) is 4.27. The van der Waals surface area contributed by atoms with E-state index in [1.54, 1.807) is 18.2 Å². The van der Waals surface area contributed by atoms with E-state index in [0.29, 0.717) is 23.3 Å². The number of benzene rings is 3. The lowest BCUT2D eigenvalue weighted by molar-refractivity contribution is -0.137. The molecule has 1 heterocycles. The quantitative estimate of drug-likeness (QED) is 0.461. The van der Waals surface area contributed by atoms with Crippen molar-refractivity contribution in [3.8, 4) is 5.75 Å². The maximum absolute atomic E-state index is 12.7. The minimum Gasteiger partial charge on any atom is -0.489 e. The molecule has 4 rings (SSSR count). The predicted molar refractivity (Wildman–Crippen MR) is 106 cm³/mol. The number of carbonyl (C=O) groups excluding carboxylic acids is 1. The molecule has 0 fully saturated rings. The van der Waals surface area contributed by atoms with Crippen LogP contribution in [0, 0.1) is 0 Å². The molecule has 0 atom stereocenters. The molecule has 5 nitrogen and oxygen atoms in total. The van der Waals surface area contributed by atoms with Gasteiger partial charge in [-0.15, -0.1) is 0 Å². The van der Waals surface area contributed by atoms with E-state index < -0.39 is 17.6 Å². The maximum atomic E-state index is 12.7. The fraction of sp³-hybridized carbons (Fsp3) is 0.0909. The van der Waals surface area contributed by atoms with Crippen LogP contribution in [0.15, 0.2) is 72.8 Å². The van der Waals surface area contributed by atoms with Gasteiger partial charge in [-0.1, -0.05) is 30.3 Å². The zero-order valence-corrected chi connectivity index (χ0v) is 15.5. The highest BCUT2D eigenvalue weighted by Crippen LogP contribution is 2.30. The zero-order valence-electron chi connectivity index (χ0n) is 15.5. The number of alkyl halides is 3. The van der Waals surface area contributed by atoms with Crippen molar-refractivity contribution in [2.24, 2.45) is 0 Å². The van der Waals surface area contributed by atoms with Crippen LogP contribution in [0.3, 0.4) is 0 Å². The Morgan fingerprint density at radius 3 is 2.43 bits per heavy atom. The van der Waals surface area contributed by atoms with Gasteiger partial charge < -0.3 is 10.1 Å². The second-order valence-electron chi connectivity index (χ2n) is 6.58. The van der Waals surface area contributed by atoms with Crippen LogP contribution in [-0.2, 0) is 12.8 Å². The lowest BCUT2D eigenvalue weighted by Gasteiger charge is -2.08. The van der Waals surface area contributed by atoms with Gasteiger partial charge >= 0.3 is 6.18 Å². The van der Waals surface area contributed by atoms with Crippen molar-refractivity contribution in [1.82, 2.24) is 10.2 Å². The van der Waals surface area contributed by atoms with Crippen molar-refractivity contribution in [1.29, 1.82) is 0 Å². The molecule has 0 aliphatic heterocycles. The first-order chi connectivity index (χ1) is 14.4. The van der Waals surface area contributed by atoms with E-state index in [-0.39, 0.29) is 11.4 Å². The third-order valence-electron chi connectivity index (χ3n) is 4.49. The molecule has 1 amide bonds. The van der Waals surface area contributed by atoms with Crippen LogP contribution in [0.2, 0.25) is 0 Å². The number of halogens is 3. The number of hydrogen-bond acceptors (Lipinski definition) is 3. The molecule has 0 unspecified atom stereocenters. The Hall–Kier alpha value is -3.81. The summed E-state index contributed by atoms with van der Waals surface area (Å²) in [4.78, 5) is 12.4. The van der Waals surface area contributed by atoms with E-state index in [0.717, 1.165) is 29.8 Å². The first-order valence-corrected chi connectivity index (χ1v) is 9.03. The normalized spacial score (nSPS) is 11.4. The van der Waals surface area contributed by atoms with Crippen LogP contribution in [0.25, 0.3) is 10.9 Å². The summed E-state index contributed by atoms with van der Waals surface area (Å²) in [5.74, 6) is 0.297. The molecule has 152 valence electrons. The van der Waals surface area contributed by atoms with Crippen molar-refractivity contribution in [3.05, 3.63) is 89.5 Å². The highest BCUT2D eigenvalue weighted by atomic mass is 19.4. The average Bonchev–Trinajstić information content (AvgIpc) is 3.14. The SMILES string of the molecule is O=C(Nc1n[nH]c2ccc(OCc3ccccc3)cc12)c1ccc(C(F)(F)F)cc1. The van der Waals surface area contributed by atoms with Crippen LogP contribution in [0.1, 0.15) is 21.5 Å². The maximum Gasteiger partial charge on any atom is 0.416 e. The molecule has 0 aliphatic carbocycles. The minimum atomic E-state index is -4.45. The molecular formula is C22H16F3N3O2. The smallest absolute Gasteiger partial charge is 0.416 e. The van der Waals surface area contributed by atoms with E-state index in [1.165, 1.54) is 0 Å². The topological polar surface area (TPSA) is 67.0 Å². The first kappa shape index (κ1) is 19.5. The van der Waals surface area contributed by atoms with Crippen molar-refractivity contribution < 1.29 is 22.7 Å². The van der Waals surface area contributed by atoms with Gasteiger partial charge in [0.05, 0.1) is 11.1 Å². The summed E-state index contributed by atoms with van der Waals surface area (Å²) >= 11 is 0. The molecule has 4 aromatic rings. The Morgan fingerprint density at radius 1 is 1.00 bits per heavy atom. The summed E-state index contributed by atoms with van der Waals surface area (Å²) in [6, 6.07) is 19.0. The predicted octanol–water partition coefficient (Wildman–Crippen LogP) is 5.41. The summed E-state index contributed by atoms with van der Waals surface area (Å²) in [6.45, 7) is 0.386. The fourth-order valence-corrected chi connectivity index (χ4v) is 2.91. The van der Waals surface area contributed by atoms with E-state index in [9.17, 15) is 18.0 Å². The summed E-state index contributed by atoms with van der Waals surface area (Å²) in [5, 5.41) is 10.1. The standard InChI is InChI=1S/C22H16F3N3O2/c23-22(24,25)16-8-6-15(7-9-16)21(29)26-20-18-12-17(10-11-19(18)27-28-20)30-13-14-4-2-1-3-5-14/h1-12H,13H2,(H2,26,27,28,29). The van der Waals surface area contributed by atoms with Crippen molar-refractivity contribution >= 4 is 22.6 Å². The van der Waals surface area contributed by atoms with Crippen molar-refractivity contribution in [2.75, 3.05) is 5.32 Å². The largest absolute Gasteiger partial charge is 0.489 e. The number of fused-ring (bicyclic) bond motifs is 1. The van der Waals surface area contributed by atoms with Gasteiger partial charge in [-0.05, 0) is 48.0 Å². The van der Waals surface area contributed by atoms with Gasteiger partial charge in [0.1, 0.15) is 12.4 Å². The van der Waals surface area contributed by atoms with E-state index in [1.807, 2.05) is 30.3 Å². The van der Waals surface area contributed by atoms with Gasteiger partial charge in [0.15, 0.2) is 5.82 Å². The molecule has 3 aromatic carbocycles. The number of H-pyrrole nitrogens is 1. The van der Waals surface area contributed by atoms with E-state index in [4.69, 9.17) is 4.74 Å². The first-order valence-electron chi connectivity index (χ1n) is 9.03. The molecule has 0 aliphatic rings. The molecule has 0 saturated carbocycles. The Labute approximate surface area is 169 Å². The number of aromatic amines is 1. The number of nitrogens with one attached hydrogen (secondary N) is 2. The highest BCUT2D eigenvalue weighted by Gasteiger charge is 2.30. The molecule has 0 radical (unpaired) electrons. The third-order valence-corrected chi connectivity index (χ3v) is 4.49. The lowest BCUT2D eigenvalue weighted by atomic mass is 10.1. The number of amides is 1. The summed E-state index contributed by atoms with van der Waals surface area (Å²) < 4.78 is 43.8. The molecule has 8 heteroatoms. The van der Waals surface area contributed by atoms with Crippen molar-refractivity contribution in [2.45, 2.75) is 12.8 Å². The summed E-state index contributed by atoms with van der Waals surface area (Å²) in [5.41, 5.74) is 0.977. The Bertz CT molecular complexity index is 1170. The number of carbonyl (C=O) groups is 1. The summed E-state index contributed by atoms with van der Waals surface area (Å²) in [6.07, 6.45) is -4.45. The Balaban J connectivity index is 1.50. The van der Waals surface area contributed by atoms with Gasteiger partial charge in [-0.25, -0.2) is 0 Å². The molecule has 1 aromatic heterocycles. The second kappa shape index (κ2) is 7.90. The van der Waals surface area contributed by atoms with Crippen LogP contribution in [-0.4, -0.2) is 16.1 Å².